The number of nitrogens with one attached hydrogen (secondary N) is 1. The largest absolute Gasteiger partial charge is 0.480 e. The van der Waals surface area contributed by atoms with Gasteiger partial charge in [-0.1, -0.05) is 13.3 Å². The van der Waals surface area contributed by atoms with E-state index in [0.29, 0.717) is 18.9 Å². The molecule has 1 heterocycles. The van der Waals surface area contributed by atoms with E-state index in [9.17, 15) is 14.7 Å². The molecular weight excluding hydrogens is 258 g/mol. The first-order chi connectivity index (χ1) is 9.35. The zero-order valence-corrected chi connectivity index (χ0v) is 12.9. The quantitative estimate of drug-likeness (QED) is 0.796. The average Bonchev–Trinajstić information content (AvgIpc) is 2.36. The highest BCUT2D eigenvalue weighted by atomic mass is 16.4. The van der Waals surface area contributed by atoms with Gasteiger partial charge in [-0.3, -0.25) is 0 Å². The van der Waals surface area contributed by atoms with Gasteiger partial charge in [-0.15, -0.1) is 0 Å². The summed E-state index contributed by atoms with van der Waals surface area (Å²) in [6.07, 6.45) is 2.41. The summed E-state index contributed by atoms with van der Waals surface area (Å²) in [5.41, 5.74) is 0. The molecule has 3 unspecified atom stereocenters. The highest BCUT2D eigenvalue weighted by Crippen LogP contribution is 2.25. The van der Waals surface area contributed by atoms with Crippen molar-refractivity contribution in [1.29, 1.82) is 0 Å². The Hall–Kier alpha value is -1.30. The fourth-order valence-corrected chi connectivity index (χ4v) is 2.77. The highest BCUT2D eigenvalue weighted by Gasteiger charge is 2.35. The van der Waals surface area contributed by atoms with Gasteiger partial charge in [0.25, 0.3) is 0 Å². The lowest BCUT2D eigenvalue weighted by Gasteiger charge is -2.37. The Bertz CT molecular complexity index is 347. The van der Waals surface area contributed by atoms with Gasteiger partial charge >= 0.3 is 12.0 Å². The van der Waals surface area contributed by atoms with Gasteiger partial charge in [-0.2, -0.15) is 0 Å². The lowest BCUT2D eigenvalue weighted by atomic mass is 9.89. The molecule has 0 aromatic heterocycles. The molecular formula is C14H27N3O3. The van der Waals surface area contributed by atoms with E-state index in [-0.39, 0.29) is 12.1 Å². The van der Waals surface area contributed by atoms with Crippen LogP contribution in [0.2, 0.25) is 0 Å². The molecule has 0 aliphatic carbocycles. The number of carboxylic acids is 1. The summed E-state index contributed by atoms with van der Waals surface area (Å²) in [5.74, 6) is -0.502. The smallest absolute Gasteiger partial charge is 0.326 e. The topological polar surface area (TPSA) is 72.9 Å². The van der Waals surface area contributed by atoms with Crippen LogP contribution in [0.4, 0.5) is 4.79 Å². The van der Waals surface area contributed by atoms with Crippen LogP contribution in [0.25, 0.3) is 0 Å². The van der Waals surface area contributed by atoms with E-state index in [1.807, 2.05) is 25.9 Å². The molecule has 20 heavy (non-hydrogen) atoms. The third-order valence-corrected chi connectivity index (χ3v) is 3.84. The molecule has 1 fully saturated rings. The van der Waals surface area contributed by atoms with Gasteiger partial charge in [-0.25, -0.2) is 9.59 Å². The molecule has 1 aliphatic rings. The lowest BCUT2D eigenvalue weighted by molar-refractivity contribution is -0.144. The number of rotatable bonds is 5. The summed E-state index contributed by atoms with van der Waals surface area (Å²) < 4.78 is 0. The van der Waals surface area contributed by atoms with E-state index in [2.05, 4.69) is 12.2 Å². The van der Waals surface area contributed by atoms with E-state index in [1.54, 1.807) is 0 Å². The average molecular weight is 285 g/mol. The number of carboxylic acid groups (broad SMARTS) is 1. The number of piperidine rings is 1. The van der Waals surface area contributed by atoms with Crippen LogP contribution in [-0.4, -0.2) is 66.2 Å². The zero-order valence-electron chi connectivity index (χ0n) is 12.9. The number of hydrogen-bond acceptors (Lipinski definition) is 3. The maximum Gasteiger partial charge on any atom is 0.326 e. The molecule has 6 nitrogen and oxygen atoms in total. The Morgan fingerprint density at radius 1 is 1.45 bits per heavy atom. The molecule has 1 saturated heterocycles. The fraction of sp³-hybridized carbons (Fsp3) is 0.857. The summed E-state index contributed by atoms with van der Waals surface area (Å²) in [6.45, 7) is 5.25. The molecule has 3 atom stereocenters. The standard InChI is InChI=1S/C14H27N3O3/c1-5-11-6-7-17(12(8-11)13(18)19)14(20)15-10(2)9-16(3)4/h10-12H,5-9H2,1-4H3,(H,15,20)(H,18,19). The third kappa shape index (κ3) is 4.67. The van der Waals surface area contributed by atoms with Crippen LogP contribution in [0.1, 0.15) is 33.1 Å². The maximum absolute atomic E-state index is 12.2. The van der Waals surface area contributed by atoms with Crippen LogP contribution in [0.3, 0.4) is 0 Å². The number of amides is 2. The molecule has 6 heteroatoms. The third-order valence-electron chi connectivity index (χ3n) is 3.84. The fourth-order valence-electron chi connectivity index (χ4n) is 2.77. The van der Waals surface area contributed by atoms with Crippen LogP contribution >= 0.6 is 0 Å². The van der Waals surface area contributed by atoms with Gasteiger partial charge in [0.15, 0.2) is 0 Å². The van der Waals surface area contributed by atoms with E-state index in [1.165, 1.54) is 4.90 Å². The summed E-state index contributed by atoms with van der Waals surface area (Å²) >= 11 is 0. The SMILES string of the molecule is CCC1CCN(C(=O)NC(C)CN(C)C)C(C(=O)O)C1. The second-order valence-corrected chi connectivity index (χ2v) is 5.96. The summed E-state index contributed by atoms with van der Waals surface area (Å²) in [5, 5.41) is 12.2. The zero-order chi connectivity index (χ0) is 15.3. The number of carbonyl (C=O) groups excluding carboxylic acids is 1. The van der Waals surface area contributed by atoms with E-state index >= 15 is 0 Å². The molecule has 0 spiro atoms. The number of likely N-dealkylation sites (tertiary alicyclic amines) is 1. The summed E-state index contributed by atoms with van der Waals surface area (Å²) in [7, 11) is 3.88. The molecule has 0 radical (unpaired) electrons. The van der Waals surface area contributed by atoms with Crippen molar-refractivity contribution in [2.75, 3.05) is 27.2 Å². The van der Waals surface area contributed by atoms with Gasteiger partial charge in [0.1, 0.15) is 6.04 Å². The minimum Gasteiger partial charge on any atom is -0.480 e. The van der Waals surface area contributed by atoms with Gasteiger partial charge in [0.2, 0.25) is 0 Å². The second-order valence-electron chi connectivity index (χ2n) is 5.96. The minimum atomic E-state index is -0.904. The van der Waals surface area contributed by atoms with Crippen LogP contribution in [0.15, 0.2) is 0 Å². The molecule has 1 aliphatic heterocycles. The summed E-state index contributed by atoms with van der Waals surface area (Å²) in [6, 6.07) is -0.961. The van der Waals surface area contributed by atoms with Crippen molar-refractivity contribution in [2.45, 2.75) is 45.2 Å². The van der Waals surface area contributed by atoms with Crippen LogP contribution in [-0.2, 0) is 4.79 Å². The number of carbonyl (C=O) groups is 2. The Kier molecular flexibility index (Phi) is 6.26. The Labute approximate surface area is 121 Å². The minimum absolute atomic E-state index is 0.00385. The first-order valence-electron chi connectivity index (χ1n) is 7.29. The Morgan fingerprint density at radius 2 is 2.10 bits per heavy atom. The van der Waals surface area contributed by atoms with E-state index in [4.69, 9.17) is 0 Å². The highest BCUT2D eigenvalue weighted by molar-refractivity contribution is 5.83. The Morgan fingerprint density at radius 3 is 2.60 bits per heavy atom. The molecule has 0 aromatic carbocycles. The molecule has 1 rings (SSSR count). The van der Waals surface area contributed by atoms with Crippen molar-refractivity contribution in [3.8, 4) is 0 Å². The van der Waals surface area contributed by atoms with Crippen molar-refractivity contribution in [3.05, 3.63) is 0 Å². The van der Waals surface area contributed by atoms with Crippen molar-refractivity contribution in [3.63, 3.8) is 0 Å². The first kappa shape index (κ1) is 16.8. The van der Waals surface area contributed by atoms with Crippen molar-refractivity contribution < 1.29 is 14.7 Å². The molecule has 2 amide bonds. The number of urea groups is 1. The molecule has 0 aromatic rings. The van der Waals surface area contributed by atoms with Crippen molar-refractivity contribution >= 4 is 12.0 Å². The molecule has 116 valence electrons. The van der Waals surface area contributed by atoms with Crippen LogP contribution < -0.4 is 5.32 Å². The lowest BCUT2D eigenvalue weighted by Crippen LogP contribution is -2.55. The van der Waals surface area contributed by atoms with E-state index in [0.717, 1.165) is 19.4 Å². The normalized spacial score (nSPS) is 24.6. The predicted molar refractivity (Wildman–Crippen MR) is 77.7 cm³/mol. The molecule has 0 bridgehead atoms. The molecule has 2 N–H and O–H groups in total. The number of aliphatic carboxylic acids is 1. The van der Waals surface area contributed by atoms with Gasteiger partial charge < -0.3 is 20.2 Å². The van der Waals surface area contributed by atoms with E-state index < -0.39 is 12.0 Å². The number of likely N-dealkylation sites (N-methyl/N-ethyl adjacent to an activating group) is 1. The van der Waals surface area contributed by atoms with Crippen molar-refractivity contribution in [1.82, 2.24) is 15.1 Å². The first-order valence-corrected chi connectivity index (χ1v) is 7.29. The van der Waals surface area contributed by atoms with Crippen LogP contribution in [0, 0.1) is 5.92 Å². The van der Waals surface area contributed by atoms with Gasteiger partial charge in [0.05, 0.1) is 0 Å². The van der Waals surface area contributed by atoms with Crippen LogP contribution in [0.5, 0.6) is 0 Å². The summed E-state index contributed by atoms with van der Waals surface area (Å²) in [4.78, 5) is 27.1. The monoisotopic (exact) mass is 285 g/mol. The van der Waals surface area contributed by atoms with Gasteiger partial charge in [-0.05, 0) is 39.8 Å². The Balaban J connectivity index is 2.63. The maximum atomic E-state index is 12.2. The number of nitrogens with zero attached hydrogens (tertiary/aromatic N) is 2. The predicted octanol–water partition coefficient (Wildman–Crippen LogP) is 1.22. The number of hydrogen-bond donors (Lipinski definition) is 2. The molecule has 0 saturated carbocycles. The second kappa shape index (κ2) is 7.47. The van der Waals surface area contributed by atoms with Gasteiger partial charge in [0, 0.05) is 19.1 Å². The van der Waals surface area contributed by atoms with Crippen molar-refractivity contribution in [2.24, 2.45) is 5.92 Å².